The van der Waals surface area contributed by atoms with E-state index in [9.17, 15) is 9.59 Å². The number of hydrazone groups is 1. The van der Waals surface area contributed by atoms with Crippen molar-refractivity contribution in [3.8, 4) is 5.75 Å². The van der Waals surface area contributed by atoms with Crippen LogP contribution in [0.4, 0.5) is 5.69 Å². The molecule has 0 spiro atoms. The minimum atomic E-state index is -0.999. The van der Waals surface area contributed by atoms with E-state index in [2.05, 4.69) is 15.3 Å². The van der Waals surface area contributed by atoms with Crippen molar-refractivity contribution in [2.75, 3.05) is 12.5 Å². The maximum Gasteiger partial charge on any atom is 0.337 e. The number of carbonyl (C=O) groups excluding carboxylic acids is 1. The molecule has 0 unspecified atom stereocenters. The Morgan fingerprint density at radius 2 is 1.77 bits per heavy atom. The lowest BCUT2D eigenvalue weighted by Crippen LogP contribution is -2.02. The molecule has 0 aliphatic rings. The first-order valence-electron chi connectivity index (χ1n) is 9.08. The fourth-order valence-electron chi connectivity index (χ4n) is 2.63. The summed E-state index contributed by atoms with van der Waals surface area (Å²) in [6, 6.07) is 20.8. The van der Waals surface area contributed by atoms with E-state index in [4.69, 9.17) is 9.84 Å². The molecular formula is C23H20N2O5. The molecule has 152 valence electrons. The highest BCUT2D eigenvalue weighted by Crippen LogP contribution is 2.18. The van der Waals surface area contributed by atoms with Gasteiger partial charge in [-0.05, 0) is 48.0 Å². The van der Waals surface area contributed by atoms with Gasteiger partial charge in [0.15, 0.2) is 0 Å². The summed E-state index contributed by atoms with van der Waals surface area (Å²) in [5.74, 6) is -0.745. The molecule has 0 atom stereocenters. The van der Waals surface area contributed by atoms with Gasteiger partial charge in [0.05, 0.1) is 30.1 Å². The van der Waals surface area contributed by atoms with Gasteiger partial charge >= 0.3 is 11.9 Å². The standard InChI is InChI=1S/C23H20N2O5/c1-29-23(28)17-11-9-16(10-12-17)15-30-21-8-3-2-5-19(21)14-24-25-20-7-4-6-18(13-20)22(26)27/h2-14,25H,15H2,1H3,(H,26,27)/b24-14-. The average Bonchev–Trinajstić information content (AvgIpc) is 2.78. The molecule has 0 fully saturated rings. The lowest BCUT2D eigenvalue weighted by Gasteiger charge is -2.09. The summed E-state index contributed by atoms with van der Waals surface area (Å²) in [4.78, 5) is 22.5. The Hall–Kier alpha value is -4.13. The van der Waals surface area contributed by atoms with Crippen molar-refractivity contribution in [2.45, 2.75) is 6.61 Å². The van der Waals surface area contributed by atoms with E-state index in [1.807, 2.05) is 24.3 Å². The second-order valence-electron chi connectivity index (χ2n) is 6.27. The minimum absolute atomic E-state index is 0.178. The lowest BCUT2D eigenvalue weighted by atomic mass is 10.1. The van der Waals surface area contributed by atoms with Crippen LogP contribution < -0.4 is 10.2 Å². The number of methoxy groups -OCH3 is 1. The van der Waals surface area contributed by atoms with Gasteiger partial charge in [-0.15, -0.1) is 0 Å². The minimum Gasteiger partial charge on any atom is -0.488 e. The van der Waals surface area contributed by atoms with Crippen LogP contribution in [0.2, 0.25) is 0 Å². The number of anilines is 1. The number of aromatic carboxylic acids is 1. The normalized spacial score (nSPS) is 10.6. The lowest BCUT2D eigenvalue weighted by molar-refractivity contribution is 0.0599. The van der Waals surface area contributed by atoms with Gasteiger partial charge in [0, 0.05) is 5.56 Å². The van der Waals surface area contributed by atoms with Crippen LogP contribution in [0.15, 0.2) is 77.9 Å². The molecule has 0 saturated carbocycles. The molecule has 30 heavy (non-hydrogen) atoms. The van der Waals surface area contributed by atoms with E-state index in [0.29, 0.717) is 23.6 Å². The summed E-state index contributed by atoms with van der Waals surface area (Å²) >= 11 is 0. The van der Waals surface area contributed by atoms with E-state index < -0.39 is 5.97 Å². The number of carboxylic acids is 1. The SMILES string of the molecule is COC(=O)c1ccc(COc2ccccc2/C=N\Nc2cccc(C(=O)O)c2)cc1. The Morgan fingerprint density at radius 3 is 2.50 bits per heavy atom. The van der Waals surface area contributed by atoms with Crippen LogP contribution in [0, 0.1) is 0 Å². The number of rotatable bonds is 8. The fourth-order valence-corrected chi connectivity index (χ4v) is 2.63. The van der Waals surface area contributed by atoms with Crippen LogP contribution in [-0.4, -0.2) is 30.4 Å². The zero-order valence-electron chi connectivity index (χ0n) is 16.2. The molecular weight excluding hydrogens is 384 g/mol. The number of esters is 1. The van der Waals surface area contributed by atoms with Gasteiger partial charge < -0.3 is 14.6 Å². The van der Waals surface area contributed by atoms with Gasteiger partial charge in [0.25, 0.3) is 0 Å². The molecule has 2 N–H and O–H groups in total. The predicted molar refractivity (Wildman–Crippen MR) is 113 cm³/mol. The van der Waals surface area contributed by atoms with E-state index in [-0.39, 0.29) is 11.5 Å². The number of nitrogens with zero attached hydrogens (tertiary/aromatic N) is 1. The third-order valence-corrected chi connectivity index (χ3v) is 4.20. The van der Waals surface area contributed by atoms with Gasteiger partial charge in [-0.25, -0.2) is 9.59 Å². The van der Waals surface area contributed by atoms with Crippen LogP contribution in [0.5, 0.6) is 5.75 Å². The molecule has 0 aliphatic carbocycles. The fraction of sp³-hybridized carbons (Fsp3) is 0.0870. The first-order valence-corrected chi connectivity index (χ1v) is 9.08. The number of carbonyl (C=O) groups is 2. The molecule has 0 bridgehead atoms. The van der Waals surface area contributed by atoms with Gasteiger partial charge in [-0.3, -0.25) is 5.43 Å². The number of para-hydroxylation sites is 1. The zero-order chi connectivity index (χ0) is 21.3. The number of benzene rings is 3. The average molecular weight is 404 g/mol. The maximum atomic E-state index is 11.5. The highest BCUT2D eigenvalue weighted by Gasteiger charge is 2.06. The van der Waals surface area contributed by atoms with E-state index >= 15 is 0 Å². The smallest absolute Gasteiger partial charge is 0.337 e. The number of ether oxygens (including phenoxy) is 2. The first-order chi connectivity index (χ1) is 14.6. The zero-order valence-corrected chi connectivity index (χ0v) is 16.2. The number of hydrogen-bond acceptors (Lipinski definition) is 6. The van der Waals surface area contributed by atoms with Gasteiger partial charge in [-0.1, -0.05) is 30.3 Å². The molecule has 3 aromatic rings. The second kappa shape index (κ2) is 9.88. The number of nitrogens with one attached hydrogen (secondary N) is 1. The van der Waals surface area contributed by atoms with Gasteiger partial charge in [0.2, 0.25) is 0 Å². The van der Waals surface area contributed by atoms with Crippen molar-refractivity contribution in [3.05, 3.63) is 95.1 Å². The van der Waals surface area contributed by atoms with Crippen molar-refractivity contribution in [1.29, 1.82) is 0 Å². The molecule has 0 radical (unpaired) electrons. The largest absolute Gasteiger partial charge is 0.488 e. The summed E-state index contributed by atoms with van der Waals surface area (Å²) in [6.45, 7) is 0.320. The van der Waals surface area contributed by atoms with Crippen molar-refractivity contribution in [3.63, 3.8) is 0 Å². The van der Waals surface area contributed by atoms with Crippen molar-refractivity contribution < 1.29 is 24.2 Å². The van der Waals surface area contributed by atoms with Gasteiger partial charge in [0.1, 0.15) is 12.4 Å². The van der Waals surface area contributed by atoms with E-state index in [0.717, 1.165) is 11.1 Å². The quantitative estimate of drug-likeness (QED) is 0.332. The Kier molecular flexibility index (Phi) is 6.78. The van der Waals surface area contributed by atoms with Crippen LogP contribution in [0.1, 0.15) is 31.8 Å². The van der Waals surface area contributed by atoms with E-state index in [1.165, 1.54) is 19.2 Å². The Balaban J connectivity index is 1.64. The molecule has 0 heterocycles. The summed E-state index contributed by atoms with van der Waals surface area (Å²) in [6.07, 6.45) is 1.60. The summed E-state index contributed by atoms with van der Waals surface area (Å²) in [5, 5.41) is 13.2. The third kappa shape index (κ3) is 5.45. The highest BCUT2D eigenvalue weighted by atomic mass is 16.5. The second-order valence-corrected chi connectivity index (χ2v) is 6.27. The highest BCUT2D eigenvalue weighted by molar-refractivity contribution is 5.89. The molecule has 3 rings (SSSR count). The first kappa shape index (κ1) is 20.6. The Labute approximate surface area is 173 Å². The summed E-state index contributed by atoms with van der Waals surface area (Å²) in [5.41, 5.74) is 5.70. The molecule has 7 nitrogen and oxygen atoms in total. The number of hydrogen-bond donors (Lipinski definition) is 2. The molecule has 0 aliphatic heterocycles. The predicted octanol–water partition coefficient (Wildman–Crippen LogP) is 4.20. The molecule has 7 heteroatoms. The van der Waals surface area contributed by atoms with Crippen LogP contribution in [-0.2, 0) is 11.3 Å². The van der Waals surface area contributed by atoms with Gasteiger partial charge in [-0.2, -0.15) is 5.10 Å². The van der Waals surface area contributed by atoms with Crippen LogP contribution in [0.3, 0.4) is 0 Å². The topological polar surface area (TPSA) is 97.2 Å². The monoisotopic (exact) mass is 404 g/mol. The van der Waals surface area contributed by atoms with Crippen molar-refractivity contribution >= 4 is 23.8 Å². The van der Waals surface area contributed by atoms with E-state index in [1.54, 1.807) is 42.6 Å². The van der Waals surface area contributed by atoms with Crippen molar-refractivity contribution in [1.82, 2.24) is 0 Å². The maximum absolute atomic E-state index is 11.5. The summed E-state index contributed by atoms with van der Waals surface area (Å²) < 4.78 is 10.6. The third-order valence-electron chi connectivity index (χ3n) is 4.20. The summed E-state index contributed by atoms with van der Waals surface area (Å²) in [7, 11) is 1.34. The van der Waals surface area contributed by atoms with Crippen LogP contribution in [0.25, 0.3) is 0 Å². The Bertz CT molecular complexity index is 1060. The molecule has 0 saturated heterocycles. The molecule has 3 aromatic carbocycles. The number of carboxylic acid groups (broad SMARTS) is 1. The molecule has 0 aromatic heterocycles. The molecule has 0 amide bonds. The van der Waals surface area contributed by atoms with Crippen LogP contribution >= 0.6 is 0 Å². The Morgan fingerprint density at radius 1 is 1.00 bits per heavy atom. The van der Waals surface area contributed by atoms with Crippen molar-refractivity contribution in [2.24, 2.45) is 5.10 Å².